The van der Waals surface area contributed by atoms with E-state index in [1.165, 1.54) is 9.75 Å². The number of thiophene rings is 1. The van der Waals surface area contributed by atoms with Crippen molar-refractivity contribution >= 4 is 11.3 Å². The Morgan fingerprint density at radius 1 is 1.26 bits per heavy atom. The predicted octanol–water partition coefficient (Wildman–Crippen LogP) is 3.50. The van der Waals surface area contributed by atoms with E-state index in [9.17, 15) is 8.78 Å². The van der Waals surface area contributed by atoms with Crippen LogP contribution in [0.25, 0.3) is 0 Å². The zero-order valence-electron chi connectivity index (χ0n) is 11.6. The molecular formula is C14H23F2NOS. The number of ether oxygens (including phenoxy) is 1. The molecule has 1 aromatic rings. The lowest BCUT2D eigenvalue weighted by atomic mass is 10.1. The van der Waals surface area contributed by atoms with Gasteiger partial charge in [-0.25, -0.2) is 8.78 Å². The molecule has 0 aliphatic carbocycles. The van der Waals surface area contributed by atoms with Gasteiger partial charge in [-0.15, -0.1) is 11.3 Å². The summed E-state index contributed by atoms with van der Waals surface area (Å²) in [7, 11) is 0. The summed E-state index contributed by atoms with van der Waals surface area (Å²) in [6.07, 6.45) is 0.395. The summed E-state index contributed by atoms with van der Waals surface area (Å²) in [5.41, 5.74) is 0. The van der Waals surface area contributed by atoms with Gasteiger partial charge in [0.1, 0.15) is 6.61 Å². The number of nitrogens with one attached hydrogen (secondary N) is 1. The molecule has 0 fully saturated rings. The van der Waals surface area contributed by atoms with Crippen LogP contribution in [0.2, 0.25) is 0 Å². The second kappa shape index (κ2) is 9.39. The van der Waals surface area contributed by atoms with Crippen LogP contribution in [0.15, 0.2) is 12.1 Å². The maximum Gasteiger partial charge on any atom is 0.261 e. The third kappa shape index (κ3) is 6.99. The van der Waals surface area contributed by atoms with Crippen LogP contribution >= 0.6 is 11.3 Å². The van der Waals surface area contributed by atoms with Gasteiger partial charge in [-0.2, -0.15) is 0 Å². The van der Waals surface area contributed by atoms with Crippen molar-refractivity contribution in [2.45, 2.75) is 45.6 Å². The van der Waals surface area contributed by atoms with E-state index in [1.54, 1.807) is 0 Å². The number of alkyl halides is 2. The van der Waals surface area contributed by atoms with Crippen LogP contribution < -0.4 is 5.32 Å². The minimum atomic E-state index is -2.37. The normalized spacial score (nSPS) is 13.1. The fourth-order valence-electron chi connectivity index (χ4n) is 1.93. The summed E-state index contributed by atoms with van der Waals surface area (Å²) in [4.78, 5) is 2.73. The van der Waals surface area contributed by atoms with Gasteiger partial charge in [-0.3, -0.25) is 0 Å². The first-order chi connectivity index (χ1) is 9.15. The Morgan fingerprint density at radius 2 is 2.00 bits per heavy atom. The third-order valence-electron chi connectivity index (χ3n) is 2.86. The van der Waals surface area contributed by atoms with Gasteiger partial charge < -0.3 is 10.1 Å². The largest absolute Gasteiger partial charge is 0.375 e. The van der Waals surface area contributed by atoms with Crippen LogP contribution in [0.5, 0.6) is 0 Å². The smallest absolute Gasteiger partial charge is 0.261 e. The standard InChI is InChI=1S/C14H23F2NOS/c1-3-12-5-6-13(19-12)9-11(17-4-2)7-8-18-10-14(15)16/h5-6,11,14,17H,3-4,7-10H2,1-2H3. The molecule has 0 saturated heterocycles. The minimum Gasteiger partial charge on any atom is -0.375 e. The molecule has 0 bridgehead atoms. The average molecular weight is 291 g/mol. The van der Waals surface area contributed by atoms with Crippen LogP contribution in [0.1, 0.15) is 30.0 Å². The number of aryl methyl sites for hydroxylation is 1. The lowest BCUT2D eigenvalue weighted by Crippen LogP contribution is -2.32. The number of likely N-dealkylation sites (N-methyl/N-ethyl adjacent to an activating group) is 1. The topological polar surface area (TPSA) is 21.3 Å². The predicted molar refractivity (Wildman–Crippen MR) is 76.3 cm³/mol. The first-order valence-electron chi connectivity index (χ1n) is 6.82. The van der Waals surface area contributed by atoms with Crippen molar-refractivity contribution in [3.63, 3.8) is 0 Å². The van der Waals surface area contributed by atoms with Gasteiger partial charge in [0.2, 0.25) is 0 Å². The molecule has 0 radical (unpaired) electrons. The highest BCUT2D eigenvalue weighted by Gasteiger charge is 2.11. The fraction of sp³-hybridized carbons (Fsp3) is 0.714. The van der Waals surface area contributed by atoms with Gasteiger partial charge in [0.15, 0.2) is 0 Å². The highest BCUT2D eigenvalue weighted by molar-refractivity contribution is 7.11. The summed E-state index contributed by atoms with van der Waals surface area (Å²) < 4.78 is 28.9. The van der Waals surface area contributed by atoms with Crippen molar-refractivity contribution in [1.82, 2.24) is 5.32 Å². The third-order valence-corrected chi connectivity index (χ3v) is 4.11. The molecule has 0 aromatic carbocycles. The first-order valence-corrected chi connectivity index (χ1v) is 7.64. The van der Waals surface area contributed by atoms with Crippen molar-refractivity contribution in [2.24, 2.45) is 0 Å². The maximum atomic E-state index is 12.0. The molecule has 1 rings (SSSR count). The van der Waals surface area contributed by atoms with E-state index in [0.717, 1.165) is 25.8 Å². The van der Waals surface area contributed by atoms with Crippen LogP contribution in [0.3, 0.4) is 0 Å². The molecule has 0 amide bonds. The molecule has 0 spiro atoms. The van der Waals surface area contributed by atoms with Crippen molar-refractivity contribution in [2.75, 3.05) is 19.8 Å². The lowest BCUT2D eigenvalue weighted by molar-refractivity contribution is 0.0145. The van der Waals surface area contributed by atoms with Crippen molar-refractivity contribution in [1.29, 1.82) is 0 Å². The molecule has 19 heavy (non-hydrogen) atoms. The van der Waals surface area contributed by atoms with E-state index < -0.39 is 13.0 Å². The van der Waals surface area contributed by atoms with Crippen LogP contribution in [0, 0.1) is 0 Å². The zero-order chi connectivity index (χ0) is 14.1. The second-order valence-electron chi connectivity index (χ2n) is 4.43. The number of hydrogen-bond donors (Lipinski definition) is 1. The van der Waals surface area contributed by atoms with Gasteiger partial charge in [0.25, 0.3) is 6.43 Å². The highest BCUT2D eigenvalue weighted by atomic mass is 32.1. The average Bonchev–Trinajstić information content (AvgIpc) is 2.82. The number of rotatable bonds is 10. The molecule has 2 nitrogen and oxygen atoms in total. The molecule has 1 N–H and O–H groups in total. The molecule has 5 heteroatoms. The Bertz CT molecular complexity index is 344. The SMILES string of the molecule is CCNC(CCOCC(F)F)Cc1ccc(CC)s1. The van der Waals surface area contributed by atoms with Gasteiger partial charge in [-0.1, -0.05) is 13.8 Å². The van der Waals surface area contributed by atoms with Crippen LogP contribution in [-0.4, -0.2) is 32.2 Å². The number of hydrogen-bond acceptors (Lipinski definition) is 3. The molecule has 0 aliphatic heterocycles. The molecule has 0 aliphatic rings. The Morgan fingerprint density at radius 3 is 2.58 bits per heavy atom. The Hall–Kier alpha value is -0.520. The monoisotopic (exact) mass is 291 g/mol. The Kier molecular flexibility index (Phi) is 8.18. The van der Waals surface area contributed by atoms with Crippen LogP contribution in [-0.2, 0) is 17.6 Å². The van der Waals surface area contributed by atoms with Gasteiger partial charge >= 0.3 is 0 Å². The van der Waals surface area contributed by atoms with E-state index in [-0.39, 0.29) is 0 Å². The molecule has 0 saturated carbocycles. The van der Waals surface area contributed by atoms with Crippen molar-refractivity contribution in [3.8, 4) is 0 Å². The second-order valence-corrected chi connectivity index (χ2v) is 5.69. The van der Waals surface area contributed by atoms with Crippen LogP contribution in [0.4, 0.5) is 8.78 Å². The van der Waals surface area contributed by atoms with E-state index in [0.29, 0.717) is 12.6 Å². The molecule has 1 atom stereocenters. The van der Waals surface area contributed by atoms with Gasteiger partial charge in [0, 0.05) is 22.4 Å². The fourth-order valence-corrected chi connectivity index (χ4v) is 2.97. The molecule has 1 unspecified atom stereocenters. The van der Waals surface area contributed by atoms with Gasteiger partial charge in [-0.05, 0) is 37.9 Å². The van der Waals surface area contributed by atoms with E-state index in [1.807, 2.05) is 11.3 Å². The molecular weight excluding hydrogens is 268 g/mol. The molecule has 1 aromatic heterocycles. The summed E-state index contributed by atoms with van der Waals surface area (Å²) in [6.45, 7) is 5.01. The van der Waals surface area contributed by atoms with E-state index in [4.69, 9.17) is 4.74 Å². The van der Waals surface area contributed by atoms with Crippen molar-refractivity contribution in [3.05, 3.63) is 21.9 Å². The Balaban J connectivity index is 2.34. The quantitative estimate of drug-likeness (QED) is 0.666. The Labute approximate surface area is 118 Å². The summed E-state index contributed by atoms with van der Waals surface area (Å²) in [5.74, 6) is 0. The van der Waals surface area contributed by atoms with E-state index in [2.05, 4.69) is 31.3 Å². The lowest BCUT2D eigenvalue weighted by Gasteiger charge is -2.17. The summed E-state index contributed by atoms with van der Waals surface area (Å²) in [6, 6.07) is 4.62. The minimum absolute atomic E-state index is 0.297. The first kappa shape index (κ1) is 16.5. The number of halogens is 2. The van der Waals surface area contributed by atoms with Gasteiger partial charge in [0.05, 0.1) is 0 Å². The van der Waals surface area contributed by atoms with Crippen molar-refractivity contribution < 1.29 is 13.5 Å². The maximum absolute atomic E-state index is 12.0. The molecule has 110 valence electrons. The summed E-state index contributed by atoms with van der Waals surface area (Å²) in [5, 5.41) is 3.39. The molecule has 1 heterocycles. The van der Waals surface area contributed by atoms with E-state index >= 15 is 0 Å². The summed E-state index contributed by atoms with van der Waals surface area (Å²) >= 11 is 1.83. The zero-order valence-corrected chi connectivity index (χ0v) is 12.4. The highest BCUT2D eigenvalue weighted by Crippen LogP contribution is 2.19.